The minimum absolute atomic E-state index is 0.0638. The average Bonchev–Trinajstić information content (AvgIpc) is 3.27. The van der Waals surface area contributed by atoms with Crippen LogP contribution < -0.4 is 10.1 Å². The molecule has 0 aliphatic heterocycles. The number of aryl methyl sites for hydroxylation is 1. The van der Waals surface area contributed by atoms with E-state index in [0.29, 0.717) is 17.9 Å². The summed E-state index contributed by atoms with van der Waals surface area (Å²) in [6, 6.07) is 30.8. The Kier molecular flexibility index (Phi) is 7.27. The number of unbranched alkanes of at least 4 members (excludes halogenated alkanes) is 2. The molecule has 0 atom stereocenters. The van der Waals surface area contributed by atoms with Crippen LogP contribution in [0.25, 0.3) is 21.8 Å². The van der Waals surface area contributed by atoms with Crippen molar-refractivity contribution in [2.45, 2.75) is 32.2 Å². The maximum Gasteiger partial charge on any atom is 0.251 e. The van der Waals surface area contributed by atoms with Crippen molar-refractivity contribution in [1.29, 1.82) is 0 Å². The van der Waals surface area contributed by atoms with Crippen LogP contribution in [0.15, 0.2) is 91.0 Å². The van der Waals surface area contributed by atoms with Crippen molar-refractivity contribution in [3.8, 4) is 5.75 Å². The lowest BCUT2D eigenvalue weighted by molar-refractivity contribution is 0.0952. The first-order valence-electron chi connectivity index (χ1n) is 12.6. The highest BCUT2D eigenvalue weighted by Crippen LogP contribution is 2.22. The number of ether oxygens (including phenoxy) is 1. The molecule has 5 heteroatoms. The SMILES string of the molecule is COc1cccc(C(=O)NCCCCCc2nc3ccccc3n2Cc2ccc3ccccc3c2)c1. The number of nitrogens with one attached hydrogen (secondary N) is 1. The fourth-order valence-corrected chi connectivity index (χ4v) is 4.67. The number of carbonyl (C=O) groups is 1. The quantitative estimate of drug-likeness (QED) is 0.237. The molecule has 0 radical (unpaired) electrons. The Balaban J connectivity index is 1.19. The number of carbonyl (C=O) groups excluding carboxylic acids is 1. The summed E-state index contributed by atoms with van der Waals surface area (Å²) in [4.78, 5) is 17.3. The standard InChI is InChI=1S/C31H31N3O2/c1-36-27-13-9-12-26(21-27)31(35)32-19-8-2-3-16-30-33-28-14-6-7-15-29(28)34(30)22-23-17-18-24-10-4-5-11-25(24)20-23/h4-7,9-15,17-18,20-21H,2-3,8,16,19,22H2,1H3,(H,32,35). The molecule has 0 unspecified atom stereocenters. The van der Waals surface area contributed by atoms with Crippen molar-refractivity contribution < 1.29 is 9.53 Å². The largest absolute Gasteiger partial charge is 0.497 e. The van der Waals surface area contributed by atoms with Gasteiger partial charge in [0, 0.05) is 25.1 Å². The molecule has 5 nitrogen and oxygen atoms in total. The Morgan fingerprint density at radius 1 is 0.861 bits per heavy atom. The van der Waals surface area contributed by atoms with E-state index in [2.05, 4.69) is 70.5 Å². The smallest absolute Gasteiger partial charge is 0.251 e. The zero-order chi connectivity index (χ0) is 24.7. The summed E-state index contributed by atoms with van der Waals surface area (Å²) in [6.45, 7) is 1.46. The number of amides is 1. The van der Waals surface area contributed by atoms with E-state index >= 15 is 0 Å². The van der Waals surface area contributed by atoms with Crippen LogP contribution in [0, 0.1) is 0 Å². The number of rotatable bonds is 10. The molecule has 5 aromatic rings. The Labute approximate surface area is 211 Å². The lowest BCUT2D eigenvalue weighted by Crippen LogP contribution is -2.24. The number of nitrogens with zero attached hydrogens (tertiary/aromatic N) is 2. The summed E-state index contributed by atoms with van der Waals surface area (Å²) < 4.78 is 7.56. The number of hydrogen-bond donors (Lipinski definition) is 1. The van der Waals surface area contributed by atoms with Crippen LogP contribution in [0.1, 0.15) is 41.0 Å². The van der Waals surface area contributed by atoms with Crippen LogP contribution in [0.3, 0.4) is 0 Å². The number of hydrogen-bond acceptors (Lipinski definition) is 3. The Morgan fingerprint density at radius 3 is 2.58 bits per heavy atom. The van der Waals surface area contributed by atoms with E-state index in [1.165, 1.54) is 21.9 Å². The second-order valence-corrected chi connectivity index (χ2v) is 9.08. The molecule has 1 heterocycles. The minimum Gasteiger partial charge on any atom is -0.497 e. The van der Waals surface area contributed by atoms with E-state index in [1.54, 1.807) is 19.2 Å². The van der Waals surface area contributed by atoms with Gasteiger partial charge < -0.3 is 14.6 Å². The van der Waals surface area contributed by atoms with Gasteiger partial charge in [0.1, 0.15) is 11.6 Å². The summed E-state index contributed by atoms with van der Waals surface area (Å²) in [7, 11) is 1.60. The van der Waals surface area contributed by atoms with Gasteiger partial charge in [-0.3, -0.25) is 4.79 Å². The normalized spacial score (nSPS) is 11.1. The molecule has 0 aliphatic rings. The van der Waals surface area contributed by atoms with E-state index in [0.717, 1.165) is 43.6 Å². The molecule has 0 saturated heterocycles. The van der Waals surface area contributed by atoms with Gasteiger partial charge in [-0.05, 0) is 65.6 Å². The second kappa shape index (κ2) is 11.1. The first-order chi connectivity index (χ1) is 17.7. The summed E-state index contributed by atoms with van der Waals surface area (Å²) in [6.07, 6.45) is 3.89. The fraction of sp³-hybridized carbons (Fsp3) is 0.226. The molecule has 1 N–H and O–H groups in total. The van der Waals surface area contributed by atoms with Crippen molar-refractivity contribution in [3.05, 3.63) is 108 Å². The number of imidazole rings is 1. The summed E-state index contributed by atoms with van der Waals surface area (Å²) in [5.74, 6) is 1.74. The number of benzene rings is 4. The van der Waals surface area contributed by atoms with E-state index in [1.807, 2.05) is 18.2 Å². The van der Waals surface area contributed by atoms with Crippen molar-refractivity contribution in [2.75, 3.05) is 13.7 Å². The molecule has 1 aromatic heterocycles. The van der Waals surface area contributed by atoms with Crippen molar-refractivity contribution >= 4 is 27.7 Å². The predicted molar refractivity (Wildman–Crippen MR) is 146 cm³/mol. The first-order valence-corrected chi connectivity index (χ1v) is 12.6. The van der Waals surface area contributed by atoms with E-state index in [-0.39, 0.29) is 5.91 Å². The van der Waals surface area contributed by atoms with Gasteiger partial charge in [0.2, 0.25) is 0 Å². The van der Waals surface area contributed by atoms with Crippen LogP contribution in [-0.2, 0) is 13.0 Å². The third kappa shape index (κ3) is 5.41. The monoisotopic (exact) mass is 477 g/mol. The number of para-hydroxylation sites is 2. The fourth-order valence-electron chi connectivity index (χ4n) is 4.67. The van der Waals surface area contributed by atoms with Gasteiger partial charge in [-0.1, -0.05) is 61.0 Å². The van der Waals surface area contributed by atoms with Crippen molar-refractivity contribution in [3.63, 3.8) is 0 Å². The van der Waals surface area contributed by atoms with Gasteiger partial charge in [-0.15, -0.1) is 0 Å². The molecule has 36 heavy (non-hydrogen) atoms. The van der Waals surface area contributed by atoms with Gasteiger partial charge in [0.25, 0.3) is 5.91 Å². The van der Waals surface area contributed by atoms with Crippen LogP contribution in [0.5, 0.6) is 5.75 Å². The molecule has 0 aliphatic carbocycles. The Morgan fingerprint density at radius 2 is 1.69 bits per heavy atom. The second-order valence-electron chi connectivity index (χ2n) is 9.08. The highest BCUT2D eigenvalue weighted by molar-refractivity contribution is 5.94. The van der Waals surface area contributed by atoms with Crippen LogP contribution in [0.4, 0.5) is 0 Å². The van der Waals surface area contributed by atoms with Crippen LogP contribution >= 0.6 is 0 Å². The van der Waals surface area contributed by atoms with Gasteiger partial charge in [0.05, 0.1) is 18.1 Å². The van der Waals surface area contributed by atoms with Crippen molar-refractivity contribution in [2.24, 2.45) is 0 Å². The molecular formula is C31H31N3O2. The van der Waals surface area contributed by atoms with Crippen LogP contribution in [0.2, 0.25) is 0 Å². The lowest BCUT2D eigenvalue weighted by atomic mass is 10.1. The Hall–Kier alpha value is -4.12. The number of methoxy groups -OCH3 is 1. The maximum atomic E-state index is 12.4. The van der Waals surface area contributed by atoms with E-state index < -0.39 is 0 Å². The highest BCUT2D eigenvalue weighted by Gasteiger charge is 2.11. The van der Waals surface area contributed by atoms with Gasteiger partial charge >= 0.3 is 0 Å². The van der Waals surface area contributed by atoms with Gasteiger partial charge in [-0.25, -0.2) is 4.98 Å². The molecule has 0 spiro atoms. The summed E-state index contributed by atoms with van der Waals surface area (Å²) in [5.41, 5.74) is 4.11. The molecule has 0 bridgehead atoms. The Bertz CT molecular complexity index is 1490. The van der Waals surface area contributed by atoms with Crippen molar-refractivity contribution in [1.82, 2.24) is 14.9 Å². The predicted octanol–water partition coefficient (Wildman–Crippen LogP) is 6.39. The van der Waals surface area contributed by atoms with Gasteiger partial charge in [-0.2, -0.15) is 0 Å². The molecule has 4 aromatic carbocycles. The number of aromatic nitrogens is 2. The van der Waals surface area contributed by atoms with E-state index in [4.69, 9.17) is 9.72 Å². The molecule has 0 saturated carbocycles. The molecule has 0 fully saturated rings. The minimum atomic E-state index is -0.0638. The average molecular weight is 478 g/mol. The third-order valence-corrected chi connectivity index (χ3v) is 6.58. The molecule has 182 valence electrons. The zero-order valence-electron chi connectivity index (χ0n) is 20.6. The number of fused-ring (bicyclic) bond motifs is 2. The summed E-state index contributed by atoms with van der Waals surface area (Å²) in [5, 5.41) is 5.53. The van der Waals surface area contributed by atoms with Crippen LogP contribution in [-0.4, -0.2) is 29.1 Å². The summed E-state index contributed by atoms with van der Waals surface area (Å²) >= 11 is 0. The lowest BCUT2D eigenvalue weighted by Gasteiger charge is -2.11. The zero-order valence-corrected chi connectivity index (χ0v) is 20.6. The van der Waals surface area contributed by atoms with E-state index in [9.17, 15) is 4.79 Å². The highest BCUT2D eigenvalue weighted by atomic mass is 16.5. The molecule has 5 rings (SSSR count). The molecule has 1 amide bonds. The van der Waals surface area contributed by atoms with Gasteiger partial charge in [0.15, 0.2) is 0 Å². The maximum absolute atomic E-state index is 12.4. The topological polar surface area (TPSA) is 56.1 Å². The molecular weight excluding hydrogens is 446 g/mol. The third-order valence-electron chi connectivity index (χ3n) is 6.58. The first kappa shape index (κ1) is 23.6.